The number of rotatable bonds is 6. The van der Waals surface area contributed by atoms with E-state index >= 15 is 0 Å². The number of aryl methyl sites for hydroxylation is 1. The Morgan fingerprint density at radius 3 is 2.47 bits per heavy atom. The van der Waals surface area contributed by atoms with Crippen LogP contribution in [-0.4, -0.2) is 35.1 Å². The van der Waals surface area contributed by atoms with Crippen LogP contribution in [0.25, 0.3) is 0 Å². The highest BCUT2D eigenvalue weighted by Crippen LogP contribution is 2.22. The molecule has 0 spiro atoms. The van der Waals surface area contributed by atoms with Gasteiger partial charge in [-0.1, -0.05) is 19.9 Å². The first-order valence-electron chi connectivity index (χ1n) is 6.73. The molecule has 0 atom stereocenters. The van der Waals surface area contributed by atoms with Crippen molar-refractivity contribution in [2.45, 2.75) is 39.7 Å². The summed E-state index contributed by atoms with van der Waals surface area (Å²) in [6.07, 6.45) is 1.79. The van der Waals surface area contributed by atoms with Crippen molar-refractivity contribution in [3.63, 3.8) is 0 Å². The Kier molecular flexibility index (Phi) is 6.52. The average molecular weight is 328 g/mol. The van der Waals surface area contributed by atoms with Gasteiger partial charge in [0.15, 0.2) is 0 Å². The molecule has 1 aromatic carbocycles. The van der Waals surface area contributed by atoms with E-state index < -0.39 is 0 Å². The summed E-state index contributed by atoms with van der Waals surface area (Å²) in [4.78, 5) is 14.4. The quantitative estimate of drug-likeness (QED) is 0.870. The van der Waals surface area contributed by atoms with E-state index in [-0.39, 0.29) is 18.6 Å². The van der Waals surface area contributed by atoms with Crippen LogP contribution in [0.2, 0.25) is 0 Å². The van der Waals surface area contributed by atoms with Gasteiger partial charge in [0.2, 0.25) is 0 Å². The van der Waals surface area contributed by atoms with Crippen LogP contribution in [0.3, 0.4) is 0 Å². The molecule has 0 aliphatic carbocycles. The van der Waals surface area contributed by atoms with Gasteiger partial charge < -0.3 is 10.0 Å². The number of amides is 1. The predicted molar refractivity (Wildman–Crippen MR) is 81.4 cm³/mol. The van der Waals surface area contributed by atoms with Gasteiger partial charge in [0.1, 0.15) is 0 Å². The molecule has 0 saturated heterocycles. The van der Waals surface area contributed by atoms with Crippen molar-refractivity contribution in [1.29, 1.82) is 0 Å². The van der Waals surface area contributed by atoms with Crippen LogP contribution >= 0.6 is 15.9 Å². The van der Waals surface area contributed by atoms with Crippen molar-refractivity contribution in [1.82, 2.24) is 4.90 Å². The lowest BCUT2D eigenvalue weighted by molar-refractivity contribution is 0.0621. The maximum absolute atomic E-state index is 12.6. The third-order valence-electron chi connectivity index (χ3n) is 3.34. The molecular formula is C15H22BrNO2. The Bertz CT molecular complexity index is 430. The average Bonchev–Trinajstić information content (AvgIpc) is 2.38. The summed E-state index contributed by atoms with van der Waals surface area (Å²) in [5, 5.41) is 9.18. The van der Waals surface area contributed by atoms with E-state index in [1.54, 1.807) is 4.90 Å². The van der Waals surface area contributed by atoms with E-state index in [2.05, 4.69) is 29.8 Å². The minimum atomic E-state index is -0.0189. The van der Waals surface area contributed by atoms with Crippen LogP contribution in [0.5, 0.6) is 0 Å². The van der Waals surface area contributed by atoms with Gasteiger partial charge in [-0.2, -0.15) is 0 Å². The smallest absolute Gasteiger partial charge is 0.255 e. The minimum Gasteiger partial charge on any atom is -0.395 e. The first-order valence-corrected chi connectivity index (χ1v) is 7.52. The van der Waals surface area contributed by atoms with Crippen molar-refractivity contribution < 1.29 is 9.90 Å². The van der Waals surface area contributed by atoms with Gasteiger partial charge in [0.25, 0.3) is 5.91 Å². The van der Waals surface area contributed by atoms with Crippen LogP contribution < -0.4 is 0 Å². The van der Waals surface area contributed by atoms with E-state index in [0.717, 1.165) is 22.9 Å². The van der Waals surface area contributed by atoms with Crippen molar-refractivity contribution in [2.24, 2.45) is 0 Å². The van der Waals surface area contributed by atoms with Gasteiger partial charge >= 0.3 is 0 Å². The summed E-state index contributed by atoms with van der Waals surface area (Å²) >= 11 is 3.45. The molecule has 0 aliphatic rings. The molecule has 0 saturated carbocycles. The molecule has 0 bridgehead atoms. The lowest BCUT2D eigenvalue weighted by atomic mass is 10.1. The lowest BCUT2D eigenvalue weighted by Crippen LogP contribution is -2.41. The van der Waals surface area contributed by atoms with Gasteiger partial charge in [0, 0.05) is 17.1 Å². The lowest BCUT2D eigenvalue weighted by Gasteiger charge is -2.30. The second kappa shape index (κ2) is 7.65. The topological polar surface area (TPSA) is 40.5 Å². The molecule has 0 radical (unpaired) electrons. The number of carbonyl (C=O) groups excluding carboxylic acids is 1. The van der Waals surface area contributed by atoms with Crippen LogP contribution in [0.1, 0.15) is 42.6 Å². The zero-order valence-electron chi connectivity index (χ0n) is 11.8. The minimum absolute atomic E-state index is 0.00821. The Balaban J connectivity index is 3.04. The Morgan fingerprint density at radius 2 is 2.00 bits per heavy atom. The number of hydrogen-bond acceptors (Lipinski definition) is 2. The summed E-state index contributed by atoms with van der Waals surface area (Å²) in [5.74, 6) is -0.0189. The normalized spacial score (nSPS) is 10.8. The van der Waals surface area contributed by atoms with E-state index in [4.69, 9.17) is 0 Å². The Hall–Kier alpha value is -0.870. The van der Waals surface area contributed by atoms with Crippen LogP contribution in [0.4, 0.5) is 0 Å². The molecule has 106 valence electrons. The Labute approximate surface area is 123 Å². The molecule has 0 aliphatic heterocycles. The number of aliphatic hydroxyl groups is 1. The van der Waals surface area contributed by atoms with E-state index in [9.17, 15) is 9.90 Å². The third kappa shape index (κ3) is 4.05. The summed E-state index contributed by atoms with van der Waals surface area (Å²) in [5.41, 5.74) is 1.77. The van der Waals surface area contributed by atoms with E-state index in [1.165, 1.54) is 0 Å². The fraction of sp³-hybridized carbons (Fsp3) is 0.533. The first-order chi connectivity index (χ1) is 9.04. The van der Waals surface area contributed by atoms with Gasteiger partial charge in [0.05, 0.1) is 12.2 Å². The number of nitrogens with zero attached hydrogens (tertiary/aromatic N) is 1. The van der Waals surface area contributed by atoms with Gasteiger partial charge in [-0.05, 0) is 53.4 Å². The van der Waals surface area contributed by atoms with Gasteiger partial charge in [-0.25, -0.2) is 0 Å². The number of carbonyl (C=O) groups is 1. The zero-order chi connectivity index (χ0) is 14.4. The number of hydrogen-bond donors (Lipinski definition) is 1. The third-order valence-corrected chi connectivity index (χ3v) is 4.00. The zero-order valence-corrected chi connectivity index (χ0v) is 13.4. The molecule has 0 aromatic heterocycles. The highest BCUT2D eigenvalue weighted by molar-refractivity contribution is 9.10. The maximum Gasteiger partial charge on any atom is 0.255 e. The summed E-state index contributed by atoms with van der Waals surface area (Å²) in [6, 6.07) is 5.89. The standard InChI is InChI=1S/C15H22BrNO2/c1-4-12(5-2)17(8-9-18)15(19)13-7-6-11(3)10-14(13)16/h6-7,10,12,18H,4-5,8-9H2,1-3H3. The Morgan fingerprint density at radius 1 is 1.37 bits per heavy atom. The van der Waals surface area contributed by atoms with Gasteiger partial charge in [-0.3, -0.25) is 4.79 Å². The van der Waals surface area contributed by atoms with E-state index in [1.807, 2.05) is 25.1 Å². The molecule has 1 rings (SSSR count). The predicted octanol–water partition coefficient (Wildman–Crippen LogP) is 3.38. The molecule has 3 nitrogen and oxygen atoms in total. The van der Waals surface area contributed by atoms with E-state index in [0.29, 0.717) is 12.1 Å². The SMILES string of the molecule is CCC(CC)N(CCO)C(=O)c1ccc(C)cc1Br. The second-order valence-corrected chi connectivity index (χ2v) is 5.53. The molecule has 0 heterocycles. The highest BCUT2D eigenvalue weighted by Gasteiger charge is 2.23. The largest absolute Gasteiger partial charge is 0.395 e. The van der Waals surface area contributed by atoms with Crippen molar-refractivity contribution >= 4 is 21.8 Å². The second-order valence-electron chi connectivity index (χ2n) is 4.68. The molecule has 19 heavy (non-hydrogen) atoms. The van der Waals surface area contributed by atoms with Crippen molar-refractivity contribution in [3.8, 4) is 0 Å². The van der Waals surface area contributed by atoms with Crippen LogP contribution in [0, 0.1) is 6.92 Å². The number of halogens is 1. The fourth-order valence-electron chi connectivity index (χ4n) is 2.24. The van der Waals surface area contributed by atoms with Crippen molar-refractivity contribution in [2.75, 3.05) is 13.2 Å². The van der Waals surface area contributed by atoms with Crippen LogP contribution in [-0.2, 0) is 0 Å². The summed E-state index contributed by atoms with van der Waals surface area (Å²) in [7, 11) is 0. The molecule has 4 heteroatoms. The summed E-state index contributed by atoms with van der Waals surface area (Å²) < 4.78 is 0.811. The maximum atomic E-state index is 12.6. The molecule has 0 fully saturated rings. The number of benzene rings is 1. The van der Waals surface area contributed by atoms with Gasteiger partial charge in [-0.15, -0.1) is 0 Å². The molecular weight excluding hydrogens is 306 g/mol. The first kappa shape index (κ1) is 16.2. The molecule has 1 aromatic rings. The molecule has 1 amide bonds. The molecule has 1 N–H and O–H groups in total. The number of aliphatic hydroxyl groups excluding tert-OH is 1. The van der Waals surface area contributed by atoms with Crippen molar-refractivity contribution in [3.05, 3.63) is 33.8 Å². The monoisotopic (exact) mass is 327 g/mol. The molecule has 0 unspecified atom stereocenters. The summed E-state index contributed by atoms with van der Waals surface area (Å²) in [6.45, 7) is 6.49. The fourth-order valence-corrected chi connectivity index (χ4v) is 2.90. The van der Waals surface area contributed by atoms with Crippen LogP contribution in [0.15, 0.2) is 22.7 Å². The highest BCUT2D eigenvalue weighted by atomic mass is 79.9.